The summed E-state index contributed by atoms with van der Waals surface area (Å²) in [5.74, 6) is 1.86. The van der Waals surface area contributed by atoms with Crippen molar-refractivity contribution in [2.45, 2.75) is 13.0 Å². The maximum atomic E-state index is 5.93. The van der Waals surface area contributed by atoms with Gasteiger partial charge in [0.15, 0.2) is 0 Å². The number of benzene rings is 2. The Labute approximate surface area is 155 Å². The molecule has 4 rings (SSSR count). The summed E-state index contributed by atoms with van der Waals surface area (Å²) in [6, 6.07) is 20.6. The average Bonchev–Trinajstić information content (AvgIpc) is 3.27. The first-order valence-electron chi connectivity index (χ1n) is 8.40. The number of hydrogen-bond acceptors (Lipinski definition) is 2. The molecule has 2 N–H and O–H groups in total. The summed E-state index contributed by atoms with van der Waals surface area (Å²) < 4.78 is 7.00. The van der Waals surface area contributed by atoms with Crippen LogP contribution in [0.5, 0.6) is 0 Å². The number of halogens is 1. The Kier molecular flexibility index (Phi) is 4.72. The van der Waals surface area contributed by atoms with E-state index in [0.29, 0.717) is 0 Å². The van der Waals surface area contributed by atoms with E-state index in [1.54, 1.807) is 0 Å². The molecule has 2 aromatic carbocycles. The van der Waals surface area contributed by atoms with Crippen molar-refractivity contribution in [2.75, 3.05) is 6.54 Å². The molecule has 0 fully saturated rings. The van der Waals surface area contributed by atoms with E-state index < -0.39 is 0 Å². The molecule has 0 aliphatic heterocycles. The van der Waals surface area contributed by atoms with Gasteiger partial charge in [0.2, 0.25) is 0 Å². The van der Waals surface area contributed by atoms with Crippen LogP contribution in [0.15, 0.2) is 75.8 Å². The van der Waals surface area contributed by atoms with Crippen LogP contribution in [0.4, 0.5) is 0 Å². The van der Waals surface area contributed by atoms with Crippen LogP contribution in [0.1, 0.15) is 11.3 Å². The molecule has 4 aromatic rings. The largest absolute Gasteiger partial charge is 0.460 e. The van der Waals surface area contributed by atoms with Crippen LogP contribution in [0.3, 0.4) is 0 Å². The SMILES string of the molecule is Brc1ccc(-c2ccc(CNCCc3c[nH]c4ccccc34)o2)cc1. The van der Waals surface area contributed by atoms with Crippen LogP contribution in [0.2, 0.25) is 0 Å². The Balaban J connectivity index is 1.32. The minimum atomic E-state index is 0.735. The van der Waals surface area contributed by atoms with Crippen molar-refractivity contribution in [1.29, 1.82) is 0 Å². The molecule has 25 heavy (non-hydrogen) atoms. The summed E-state index contributed by atoms with van der Waals surface area (Å²) in [6.45, 7) is 1.65. The monoisotopic (exact) mass is 394 g/mol. The predicted octanol–water partition coefficient (Wildman–Crippen LogP) is 5.52. The molecule has 2 heterocycles. The number of para-hydroxylation sites is 1. The van der Waals surface area contributed by atoms with Crippen LogP contribution in [0.25, 0.3) is 22.2 Å². The van der Waals surface area contributed by atoms with E-state index in [1.807, 2.05) is 24.3 Å². The molecule has 0 unspecified atom stereocenters. The van der Waals surface area contributed by atoms with Gasteiger partial charge in [-0.1, -0.05) is 46.3 Å². The van der Waals surface area contributed by atoms with E-state index in [4.69, 9.17) is 4.42 Å². The molecule has 0 atom stereocenters. The van der Waals surface area contributed by atoms with Crippen LogP contribution >= 0.6 is 15.9 Å². The Hall–Kier alpha value is -2.30. The molecule has 2 aromatic heterocycles. The second-order valence-corrected chi connectivity index (χ2v) is 6.97. The molecule has 0 amide bonds. The van der Waals surface area contributed by atoms with Crippen molar-refractivity contribution in [2.24, 2.45) is 0 Å². The number of rotatable bonds is 6. The number of aromatic nitrogens is 1. The van der Waals surface area contributed by atoms with Crippen LogP contribution in [0, 0.1) is 0 Å². The van der Waals surface area contributed by atoms with Crippen LogP contribution in [-0.2, 0) is 13.0 Å². The number of fused-ring (bicyclic) bond motifs is 1. The smallest absolute Gasteiger partial charge is 0.134 e. The van der Waals surface area contributed by atoms with E-state index in [9.17, 15) is 0 Å². The highest BCUT2D eigenvalue weighted by molar-refractivity contribution is 9.10. The van der Waals surface area contributed by atoms with E-state index in [1.165, 1.54) is 16.5 Å². The van der Waals surface area contributed by atoms with E-state index >= 15 is 0 Å². The van der Waals surface area contributed by atoms with Crippen molar-refractivity contribution < 1.29 is 4.42 Å². The Morgan fingerprint density at radius 2 is 1.80 bits per heavy atom. The molecule has 4 heteroatoms. The highest BCUT2D eigenvalue weighted by atomic mass is 79.9. The topological polar surface area (TPSA) is 41.0 Å². The summed E-state index contributed by atoms with van der Waals surface area (Å²) >= 11 is 3.45. The van der Waals surface area contributed by atoms with Gasteiger partial charge in [-0.3, -0.25) is 0 Å². The number of aromatic amines is 1. The van der Waals surface area contributed by atoms with Crippen LogP contribution < -0.4 is 5.32 Å². The Bertz CT molecular complexity index is 969. The lowest BCUT2D eigenvalue weighted by Gasteiger charge is -2.03. The zero-order valence-corrected chi connectivity index (χ0v) is 15.3. The summed E-state index contributed by atoms with van der Waals surface area (Å²) in [7, 11) is 0. The summed E-state index contributed by atoms with van der Waals surface area (Å²) in [4.78, 5) is 3.32. The van der Waals surface area contributed by atoms with Gasteiger partial charge in [0.1, 0.15) is 11.5 Å². The summed E-state index contributed by atoms with van der Waals surface area (Å²) in [6.07, 6.45) is 3.09. The van der Waals surface area contributed by atoms with Gasteiger partial charge in [-0.2, -0.15) is 0 Å². The van der Waals surface area contributed by atoms with Gasteiger partial charge in [0.25, 0.3) is 0 Å². The fraction of sp³-hybridized carbons (Fsp3) is 0.143. The zero-order chi connectivity index (χ0) is 17.1. The summed E-state index contributed by atoms with van der Waals surface area (Å²) in [5.41, 5.74) is 3.63. The number of H-pyrrole nitrogens is 1. The molecular weight excluding hydrogens is 376 g/mol. The second kappa shape index (κ2) is 7.30. The number of nitrogens with one attached hydrogen (secondary N) is 2. The molecule has 0 aliphatic rings. The predicted molar refractivity (Wildman–Crippen MR) is 106 cm³/mol. The first-order chi connectivity index (χ1) is 12.3. The molecule has 0 bridgehead atoms. The highest BCUT2D eigenvalue weighted by Gasteiger charge is 2.06. The van der Waals surface area contributed by atoms with Gasteiger partial charge in [0.05, 0.1) is 6.54 Å². The third-order valence-electron chi connectivity index (χ3n) is 4.34. The second-order valence-electron chi connectivity index (χ2n) is 6.06. The van der Waals surface area contributed by atoms with Gasteiger partial charge in [-0.05, 0) is 48.9 Å². The van der Waals surface area contributed by atoms with E-state index in [-0.39, 0.29) is 0 Å². The molecule has 126 valence electrons. The maximum absolute atomic E-state index is 5.93. The van der Waals surface area contributed by atoms with Crippen molar-refractivity contribution in [3.63, 3.8) is 0 Å². The van der Waals surface area contributed by atoms with Crippen molar-refractivity contribution in [3.8, 4) is 11.3 Å². The van der Waals surface area contributed by atoms with Gasteiger partial charge in [0, 0.05) is 27.1 Å². The highest BCUT2D eigenvalue weighted by Crippen LogP contribution is 2.24. The standard InChI is InChI=1S/C21H19BrN2O/c22-17-7-5-15(6-8-17)21-10-9-18(25-21)14-23-12-11-16-13-24-20-4-2-1-3-19(16)20/h1-10,13,23-24H,11-12,14H2. The first kappa shape index (κ1) is 16.2. The first-order valence-corrected chi connectivity index (χ1v) is 9.19. The van der Waals surface area contributed by atoms with Gasteiger partial charge < -0.3 is 14.7 Å². The van der Waals surface area contributed by atoms with Gasteiger partial charge in [-0.15, -0.1) is 0 Å². The zero-order valence-electron chi connectivity index (χ0n) is 13.8. The molecule has 0 radical (unpaired) electrons. The summed E-state index contributed by atoms with van der Waals surface area (Å²) in [5, 5.41) is 4.77. The third-order valence-corrected chi connectivity index (χ3v) is 4.86. The van der Waals surface area contributed by atoms with E-state index in [0.717, 1.165) is 41.1 Å². The van der Waals surface area contributed by atoms with Crippen molar-refractivity contribution >= 4 is 26.8 Å². The Morgan fingerprint density at radius 1 is 0.960 bits per heavy atom. The number of furan rings is 1. The third kappa shape index (κ3) is 3.70. The van der Waals surface area contributed by atoms with E-state index in [2.05, 4.69) is 68.8 Å². The Morgan fingerprint density at radius 3 is 2.68 bits per heavy atom. The maximum Gasteiger partial charge on any atom is 0.134 e. The quantitative estimate of drug-likeness (QED) is 0.422. The van der Waals surface area contributed by atoms with Crippen molar-refractivity contribution in [1.82, 2.24) is 10.3 Å². The fourth-order valence-corrected chi connectivity index (χ4v) is 3.28. The molecule has 3 nitrogen and oxygen atoms in total. The molecular formula is C21H19BrN2O. The number of hydrogen-bond donors (Lipinski definition) is 2. The lowest BCUT2D eigenvalue weighted by atomic mass is 10.1. The van der Waals surface area contributed by atoms with Gasteiger partial charge >= 0.3 is 0 Å². The minimum Gasteiger partial charge on any atom is -0.460 e. The lowest BCUT2D eigenvalue weighted by molar-refractivity contribution is 0.495. The molecule has 0 saturated heterocycles. The fourth-order valence-electron chi connectivity index (χ4n) is 3.02. The molecule has 0 saturated carbocycles. The average molecular weight is 395 g/mol. The normalized spacial score (nSPS) is 11.2. The molecule has 0 spiro atoms. The lowest BCUT2D eigenvalue weighted by Crippen LogP contribution is -2.16. The minimum absolute atomic E-state index is 0.735. The molecule has 0 aliphatic carbocycles. The van der Waals surface area contributed by atoms with Gasteiger partial charge in [-0.25, -0.2) is 0 Å². The van der Waals surface area contributed by atoms with Crippen molar-refractivity contribution in [3.05, 3.63) is 82.7 Å². The van der Waals surface area contributed by atoms with Crippen LogP contribution in [-0.4, -0.2) is 11.5 Å².